The highest BCUT2D eigenvalue weighted by Crippen LogP contribution is 2.38. The molecule has 41 heavy (non-hydrogen) atoms. The van der Waals surface area contributed by atoms with Crippen LogP contribution in [0.3, 0.4) is 0 Å². The number of hydrogen-bond donors (Lipinski definition) is 3. The smallest absolute Gasteiger partial charge is 0.0355 e. The van der Waals surface area contributed by atoms with Crippen molar-refractivity contribution in [3.05, 3.63) is 96.1 Å². The average Bonchev–Trinajstić information content (AvgIpc) is 3.35. The first kappa shape index (κ1) is 29.4. The normalized spacial score (nSPS) is 11.9. The molecule has 0 aliphatic rings. The highest BCUT2D eigenvalue weighted by atomic mass is 32.1. The number of thiophene rings is 1. The first-order valence-electron chi connectivity index (χ1n) is 14.8. The van der Waals surface area contributed by atoms with Gasteiger partial charge in [-0.25, -0.2) is 0 Å². The maximum absolute atomic E-state index is 5.87. The number of benzene rings is 4. The van der Waals surface area contributed by atoms with Crippen LogP contribution in [0, 0.1) is 0 Å². The third-order valence-corrected chi connectivity index (χ3v) is 8.83. The Balaban J connectivity index is 1.45. The molecular formula is C35H43N5S. The Morgan fingerprint density at radius 2 is 0.976 bits per heavy atom. The molecule has 0 bridgehead atoms. The van der Waals surface area contributed by atoms with Gasteiger partial charge in [0.05, 0.1) is 0 Å². The van der Waals surface area contributed by atoms with Crippen molar-refractivity contribution in [2.24, 2.45) is 17.2 Å². The highest BCUT2D eigenvalue weighted by molar-refractivity contribution is 7.25. The maximum Gasteiger partial charge on any atom is 0.0355 e. The molecule has 0 amide bonds. The van der Waals surface area contributed by atoms with Crippen LogP contribution in [0.2, 0.25) is 0 Å². The summed E-state index contributed by atoms with van der Waals surface area (Å²) >= 11 is 1.87. The van der Waals surface area contributed by atoms with E-state index in [2.05, 4.69) is 102 Å². The minimum absolute atomic E-state index is 0.638. The summed E-state index contributed by atoms with van der Waals surface area (Å²) in [5.41, 5.74) is 25.1. The van der Waals surface area contributed by atoms with Crippen molar-refractivity contribution < 1.29 is 0 Å². The first-order chi connectivity index (χ1) is 20.1. The van der Waals surface area contributed by atoms with Gasteiger partial charge in [-0.1, -0.05) is 55.5 Å². The third-order valence-electron chi connectivity index (χ3n) is 7.68. The molecule has 1 heterocycles. The van der Waals surface area contributed by atoms with Crippen molar-refractivity contribution in [3.8, 4) is 22.3 Å². The standard InChI is InChI=1S/C35H43N5S/c1-2-16-39(17-13-36)24-26-5-3-7-28(20-26)30-9-11-34-32(22-30)33-23-31(10-12-35(33)41-34)29-8-4-6-27(21-29)25-40(18-14-37)19-15-38/h3-12,20-23H,2,13-19,24-25,36-38H2,1H3. The minimum atomic E-state index is 0.638. The van der Waals surface area contributed by atoms with Crippen molar-refractivity contribution >= 4 is 31.5 Å². The molecule has 0 saturated carbocycles. The van der Waals surface area contributed by atoms with Gasteiger partial charge < -0.3 is 17.2 Å². The van der Waals surface area contributed by atoms with Crippen molar-refractivity contribution in [2.45, 2.75) is 26.4 Å². The van der Waals surface area contributed by atoms with E-state index in [1.54, 1.807) is 0 Å². The molecule has 5 nitrogen and oxygen atoms in total. The van der Waals surface area contributed by atoms with Gasteiger partial charge in [0.2, 0.25) is 0 Å². The Hall–Kier alpha value is -3.10. The van der Waals surface area contributed by atoms with Gasteiger partial charge in [-0.05, 0) is 82.7 Å². The van der Waals surface area contributed by atoms with Crippen LogP contribution in [0.1, 0.15) is 24.5 Å². The summed E-state index contributed by atoms with van der Waals surface area (Å²) in [6.45, 7) is 9.68. The van der Waals surface area contributed by atoms with E-state index in [0.717, 1.165) is 45.7 Å². The second kappa shape index (κ2) is 14.2. The van der Waals surface area contributed by atoms with Gasteiger partial charge in [0, 0.05) is 72.5 Å². The number of nitrogens with zero attached hydrogens (tertiary/aromatic N) is 2. The lowest BCUT2D eigenvalue weighted by Crippen LogP contribution is -2.33. The summed E-state index contributed by atoms with van der Waals surface area (Å²) in [5.74, 6) is 0. The van der Waals surface area contributed by atoms with Crippen molar-refractivity contribution in [1.82, 2.24) is 9.80 Å². The molecule has 5 rings (SSSR count). The third kappa shape index (κ3) is 7.22. The average molecular weight is 566 g/mol. The monoisotopic (exact) mass is 565 g/mol. The van der Waals surface area contributed by atoms with Gasteiger partial charge in [0.25, 0.3) is 0 Å². The summed E-state index contributed by atoms with van der Waals surface area (Å²) in [5, 5.41) is 2.63. The molecule has 6 N–H and O–H groups in total. The molecule has 1 aromatic heterocycles. The van der Waals surface area contributed by atoms with Crippen LogP contribution in [-0.2, 0) is 13.1 Å². The van der Waals surface area contributed by atoms with Gasteiger partial charge in [-0.2, -0.15) is 0 Å². The Kier molecular flexibility index (Phi) is 10.2. The molecule has 0 atom stereocenters. The van der Waals surface area contributed by atoms with Crippen molar-refractivity contribution in [1.29, 1.82) is 0 Å². The molecule has 0 spiro atoms. The van der Waals surface area contributed by atoms with Crippen molar-refractivity contribution in [3.63, 3.8) is 0 Å². The SMILES string of the molecule is CCCN(CCN)Cc1cccc(-c2ccc3sc4ccc(-c5cccc(CN(CCN)CCN)c5)cc4c3c2)c1. The van der Waals surface area contributed by atoms with Crippen LogP contribution in [-0.4, -0.2) is 55.6 Å². The number of nitrogens with two attached hydrogens (primary N) is 3. The van der Waals surface area contributed by atoms with Crippen LogP contribution in [0.25, 0.3) is 42.4 Å². The van der Waals surface area contributed by atoms with E-state index >= 15 is 0 Å². The fourth-order valence-corrected chi connectivity index (χ4v) is 6.82. The van der Waals surface area contributed by atoms with E-state index in [4.69, 9.17) is 17.2 Å². The summed E-state index contributed by atoms with van der Waals surface area (Å²) in [6.07, 6.45) is 1.13. The Labute approximate surface area is 248 Å². The molecule has 6 heteroatoms. The largest absolute Gasteiger partial charge is 0.329 e. The predicted octanol–water partition coefficient (Wildman–Crippen LogP) is 6.28. The lowest BCUT2D eigenvalue weighted by molar-refractivity contribution is 0.273. The van der Waals surface area contributed by atoms with Gasteiger partial charge in [-0.15, -0.1) is 11.3 Å². The topological polar surface area (TPSA) is 84.5 Å². The van der Waals surface area contributed by atoms with Gasteiger partial charge >= 0.3 is 0 Å². The minimum Gasteiger partial charge on any atom is -0.329 e. The first-order valence-corrected chi connectivity index (χ1v) is 15.6. The summed E-state index contributed by atoms with van der Waals surface area (Å²) in [4.78, 5) is 4.77. The van der Waals surface area contributed by atoms with E-state index < -0.39 is 0 Å². The molecule has 0 saturated heterocycles. The summed E-state index contributed by atoms with van der Waals surface area (Å²) in [7, 11) is 0. The summed E-state index contributed by atoms with van der Waals surface area (Å²) < 4.78 is 2.64. The molecule has 4 aromatic carbocycles. The number of fused-ring (bicyclic) bond motifs is 3. The molecule has 0 fully saturated rings. The molecular weight excluding hydrogens is 522 g/mol. The molecule has 0 aliphatic heterocycles. The second-order valence-electron chi connectivity index (χ2n) is 10.8. The van der Waals surface area contributed by atoms with Gasteiger partial charge in [0.1, 0.15) is 0 Å². The van der Waals surface area contributed by atoms with Gasteiger partial charge in [-0.3, -0.25) is 9.80 Å². The second-order valence-corrected chi connectivity index (χ2v) is 11.9. The quantitative estimate of drug-likeness (QED) is 0.148. The van der Waals surface area contributed by atoms with Crippen LogP contribution in [0.5, 0.6) is 0 Å². The van der Waals surface area contributed by atoms with Crippen LogP contribution < -0.4 is 17.2 Å². The number of rotatable bonds is 14. The van der Waals surface area contributed by atoms with Crippen molar-refractivity contribution in [2.75, 3.05) is 45.8 Å². The fourth-order valence-electron chi connectivity index (χ4n) is 5.76. The Morgan fingerprint density at radius 1 is 0.537 bits per heavy atom. The lowest BCUT2D eigenvalue weighted by atomic mass is 9.98. The molecule has 0 aliphatic carbocycles. The highest BCUT2D eigenvalue weighted by Gasteiger charge is 2.11. The molecule has 214 valence electrons. The van der Waals surface area contributed by atoms with E-state index in [0.29, 0.717) is 19.6 Å². The zero-order valence-corrected chi connectivity index (χ0v) is 25.0. The molecule has 5 aromatic rings. The van der Waals surface area contributed by atoms with E-state index in [9.17, 15) is 0 Å². The number of hydrogen-bond acceptors (Lipinski definition) is 6. The fraction of sp³-hybridized carbons (Fsp3) is 0.314. The molecule has 0 radical (unpaired) electrons. The lowest BCUT2D eigenvalue weighted by Gasteiger charge is -2.21. The molecule has 0 unspecified atom stereocenters. The predicted molar refractivity (Wildman–Crippen MR) is 178 cm³/mol. The maximum atomic E-state index is 5.87. The Bertz CT molecular complexity index is 1450. The van der Waals surface area contributed by atoms with Gasteiger partial charge in [0.15, 0.2) is 0 Å². The van der Waals surface area contributed by atoms with Crippen LogP contribution in [0.4, 0.5) is 0 Å². The Morgan fingerprint density at radius 3 is 1.41 bits per heavy atom. The summed E-state index contributed by atoms with van der Waals surface area (Å²) in [6, 6.07) is 31.6. The van der Waals surface area contributed by atoms with Crippen LogP contribution in [0.15, 0.2) is 84.9 Å². The zero-order valence-electron chi connectivity index (χ0n) is 24.2. The zero-order chi connectivity index (χ0) is 28.6. The van der Waals surface area contributed by atoms with E-state index in [1.165, 1.54) is 53.6 Å². The van der Waals surface area contributed by atoms with E-state index in [-0.39, 0.29) is 0 Å². The van der Waals surface area contributed by atoms with E-state index in [1.807, 2.05) is 11.3 Å². The van der Waals surface area contributed by atoms with Crippen LogP contribution >= 0.6 is 11.3 Å².